The van der Waals surface area contributed by atoms with Gasteiger partial charge in [-0.05, 0) is 57.7 Å². The molecule has 0 saturated heterocycles. The van der Waals surface area contributed by atoms with E-state index in [1.165, 1.54) is 12.8 Å². The molecule has 1 aliphatic rings. The van der Waals surface area contributed by atoms with E-state index in [-0.39, 0.29) is 5.91 Å². The molecular weight excluding hydrogens is 252 g/mol. The molecule has 1 aromatic heterocycles. The fourth-order valence-corrected chi connectivity index (χ4v) is 2.81. The highest BCUT2D eigenvalue weighted by molar-refractivity contribution is 5.78. The molecule has 112 valence electrons. The van der Waals surface area contributed by atoms with Crippen LogP contribution in [0.1, 0.15) is 44.1 Å². The first-order valence-electron chi connectivity index (χ1n) is 7.56. The predicted octanol–water partition coefficient (Wildman–Crippen LogP) is 2.71. The molecule has 4 heteroatoms. The first-order valence-corrected chi connectivity index (χ1v) is 7.56. The summed E-state index contributed by atoms with van der Waals surface area (Å²) in [6, 6.07) is 4.29. The van der Waals surface area contributed by atoms with Crippen LogP contribution < -0.4 is 5.32 Å². The molecule has 0 spiro atoms. The molecule has 0 aliphatic heterocycles. The van der Waals surface area contributed by atoms with Crippen LogP contribution in [0.3, 0.4) is 0 Å². The van der Waals surface area contributed by atoms with Crippen molar-refractivity contribution >= 4 is 5.91 Å². The Kier molecular flexibility index (Phi) is 5.24. The molecule has 1 saturated carbocycles. The average Bonchev–Trinajstić information content (AvgIpc) is 2.77. The summed E-state index contributed by atoms with van der Waals surface area (Å²) in [7, 11) is 1.94. The molecule has 1 heterocycles. The SMILES string of the molecule is Cc1ccc(CN(C)CC(=O)NC2CCC(C)CC2)o1. The van der Waals surface area contributed by atoms with Crippen LogP contribution in [0.4, 0.5) is 0 Å². The molecule has 0 atom stereocenters. The predicted molar refractivity (Wildman–Crippen MR) is 79.3 cm³/mol. The van der Waals surface area contributed by atoms with Crippen molar-refractivity contribution < 1.29 is 9.21 Å². The van der Waals surface area contributed by atoms with Gasteiger partial charge in [-0.3, -0.25) is 9.69 Å². The van der Waals surface area contributed by atoms with Crippen molar-refractivity contribution in [1.29, 1.82) is 0 Å². The normalized spacial score (nSPS) is 23.0. The van der Waals surface area contributed by atoms with Gasteiger partial charge >= 0.3 is 0 Å². The third-order valence-corrected chi connectivity index (χ3v) is 4.02. The van der Waals surface area contributed by atoms with Crippen LogP contribution >= 0.6 is 0 Å². The highest BCUT2D eigenvalue weighted by atomic mass is 16.3. The molecule has 0 bridgehead atoms. The third kappa shape index (κ3) is 4.67. The fraction of sp³-hybridized carbons (Fsp3) is 0.688. The third-order valence-electron chi connectivity index (χ3n) is 4.02. The van der Waals surface area contributed by atoms with Crippen molar-refractivity contribution in [3.05, 3.63) is 23.7 Å². The van der Waals surface area contributed by atoms with Gasteiger partial charge in [0.05, 0.1) is 13.1 Å². The van der Waals surface area contributed by atoms with Crippen LogP contribution in [0, 0.1) is 12.8 Å². The minimum Gasteiger partial charge on any atom is -0.465 e. The molecule has 0 radical (unpaired) electrons. The van der Waals surface area contributed by atoms with Gasteiger partial charge in [0.15, 0.2) is 0 Å². The Hall–Kier alpha value is -1.29. The second kappa shape index (κ2) is 6.93. The molecule has 0 unspecified atom stereocenters. The summed E-state index contributed by atoms with van der Waals surface area (Å²) in [5.74, 6) is 2.75. The van der Waals surface area contributed by atoms with Gasteiger partial charge in [0, 0.05) is 6.04 Å². The number of nitrogens with zero attached hydrogens (tertiary/aromatic N) is 1. The number of furan rings is 1. The largest absolute Gasteiger partial charge is 0.465 e. The fourth-order valence-electron chi connectivity index (χ4n) is 2.81. The number of nitrogens with one attached hydrogen (secondary N) is 1. The number of likely N-dealkylation sites (N-methyl/N-ethyl adjacent to an activating group) is 1. The van der Waals surface area contributed by atoms with Crippen molar-refractivity contribution in [1.82, 2.24) is 10.2 Å². The topological polar surface area (TPSA) is 45.5 Å². The van der Waals surface area contributed by atoms with Crippen LogP contribution in [0.15, 0.2) is 16.5 Å². The molecule has 4 nitrogen and oxygen atoms in total. The number of carbonyl (C=O) groups is 1. The van der Waals surface area contributed by atoms with Gasteiger partial charge in [0.1, 0.15) is 11.5 Å². The molecular formula is C16H26N2O2. The number of hydrogen-bond donors (Lipinski definition) is 1. The van der Waals surface area contributed by atoms with E-state index in [1.807, 2.05) is 31.0 Å². The molecule has 1 amide bonds. The summed E-state index contributed by atoms with van der Waals surface area (Å²) in [4.78, 5) is 14.0. The van der Waals surface area contributed by atoms with Crippen molar-refractivity contribution in [2.75, 3.05) is 13.6 Å². The maximum atomic E-state index is 12.0. The summed E-state index contributed by atoms with van der Waals surface area (Å²) in [5, 5.41) is 3.15. The maximum absolute atomic E-state index is 12.0. The molecule has 20 heavy (non-hydrogen) atoms. The van der Waals surface area contributed by atoms with Crippen molar-refractivity contribution in [3.8, 4) is 0 Å². The van der Waals surface area contributed by atoms with E-state index >= 15 is 0 Å². The van der Waals surface area contributed by atoms with Gasteiger partial charge in [0.25, 0.3) is 0 Å². The highest BCUT2D eigenvalue weighted by Gasteiger charge is 2.20. The maximum Gasteiger partial charge on any atom is 0.234 e. The Balaban J connectivity index is 1.71. The zero-order valence-electron chi connectivity index (χ0n) is 12.8. The monoisotopic (exact) mass is 278 g/mol. The number of amides is 1. The number of aryl methyl sites for hydroxylation is 1. The Labute approximate surface area is 121 Å². The van der Waals surface area contributed by atoms with Crippen molar-refractivity contribution in [3.63, 3.8) is 0 Å². The van der Waals surface area contributed by atoms with E-state index in [2.05, 4.69) is 12.2 Å². The van der Waals surface area contributed by atoms with Gasteiger partial charge < -0.3 is 9.73 Å². The Morgan fingerprint density at radius 1 is 1.35 bits per heavy atom. The van der Waals surface area contributed by atoms with Crippen LogP contribution in [0.2, 0.25) is 0 Å². The zero-order chi connectivity index (χ0) is 14.5. The molecule has 1 aromatic rings. The van der Waals surface area contributed by atoms with Gasteiger partial charge in [-0.15, -0.1) is 0 Å². The highest BCUT2D eigenvalue weighted by Crippen LogP contribution is 2.23. The van der Waals surface area contributed by atoms with Crippen LogP contribution in [-0.4, -0.2) is 30.4 Å². The minimum absolute atomic E-state index is 0.121. The van der Waals surface area contributed by atoms with Gasteiger partial charge in [-0.2, -0.15) is 0 Å². The van der Waals surface area contributed by atoms with Crippen LogP contribution in [0.5, 0.6) is 0 Å². The standard InChI is InChI=1S/C16H26N2O2/c1-12-4-7-14(8-5-12)17-16(19)11-18(3)10-15-9-6-13(2)20-15/h6,9,12,14H,4-5,7-8,10-11H2,1-3H3,(H,17,19). The Bertz CT molecular complexity index is 433. The quantitative estimate of drug-likeness (QED) is 0.900. The summed E-state index contributed by atoms with van der Waals surface area (Å²) >= 11 is 0. The van der Waals surface area contributed by atoms with E-state index in [1.54, 1.807) is 0 Å². The summed E-state index contributed by atoms with van der Waals surface area (Å²) in [6.07, 6.45) is 4.70. The second-order valence-electron chi connectivity index (χ2n) is 6.21. The lowest BCUT2D eigenvalue weighted by atomic mass is 9.87. The zero-order valence-corrected chi connectivity index (χ0v) is 12.8. The van der Waals surface area contributed by atoms with Crippen LogP contribution in [0.25, 0.3) is 0 Å². The minimum atomic E-state index is 0.121. The lowest BCUT2D eigenvalue weighted by molar-refractivity contribution is -0.123. The number of rotatable bonds is 5. The molecule has 1 fully saturated rings. The first kappa shape index (κ1) is 15.1. The van der Waals surface area contributed by atoms with Crippen LogP contribution in [-0.2, 0) is 11.3 Å². The van der Waals surface area contributed by atoms with E-state index in [0.29, 0.717) is 19.1 Å². The van der Waals surface area contributed by atoms with Crippen molar-refractivity contribution in [2.24, 2.45) is 5.92 Å². The lowest BCUT2D eigenvalue weighted by Gasteiger charge is -2.27. The van der Waals surface area contributed by atoms with E-state index in [4.69, 9.17) is 4.42 Å². The van der Waals surface area contributed by atoms with Crippen molar-refractivity contribution in [2.45, 2.75) is 52.1 Å². The average molecular weight is 278 g/mol. The first-order chi connectivity index (χ1) is 9.52. The number of hydrogen-bond acceptors (Lipinski definition) is 3. The van der Waals surface area contributed by atoms with E-state index in [9.17, 15) is 4.79 Å². The lowest BCUT2D eigenvalue weighted by Crippen LogP contribution is -2.42. The molecule has 1 aliphatic carbocycles. The smallest absolute Gasteiger partial charge is 0.234 e. The van der Waals surface area contributed by atoms with E-state index in [0.717, 1.165) is 30.3 Å². The number of carbonyl (C=O) groups excluding carboxylic acids is 1. The van der Waals surface area contributed by atoms with Gasteiger partial charge in [-0.1, -0.05) is 6.92 Å². The molecule has 1 N–H and O–H groups in total. The Morgan fingerprint density at radius 3 is 2.65 bits per heavy atom. The molecule has 2 rings (SSSR count). The molecule has 0 aromatic carbocycles. The van der Waals surface area contributed by atoms with Gasteiger partial charge in [0.2, 0.25) is 5.91 Å². The van der Waals surface area contributed by atoms with Gasteiger partial charge in [-0.25, -0.2) is 0 Å². The summed E-state index contributed by atoms with van der Waals surface area (Å²) in [5.41, 5.74) is 0. The Morgan fingerprint density at radius 2 is 2.05 bits per heavy atom. The summed E-state index contributed by atoms with van der Waals surface area (Å²) in [6.45, 7) is 5.31. The summed E-state index contributed by atoms with van der Waals surface area (Å²) < 4.78 is 5.52. The van der Waals surface area contributed by atoms with E-state index < -0.39 is 0 Å². The second-order valence-corrected chi connectivity index (χ2v) is 6.21.